The van der Waals surface area contributed by atoms with Crippen LogP contribution in [0.1, 0.15) is 44.9 Å². The molecule has 4 unspecified atom stereocenters. The Bertz CT molecular complexity index is 367. The van der Waals surface area contributed by atoms with Gasteiger partial charge in [0, 0.05) is 37.8 Å². The highest BCUT2D eigenvalue weighted by molar-refractivity contribution is 5.04. The molecule has 4 aliphatic rings. The molecule has 2 N–H and O–H groups in total. The van der Waals surface area contributed by atoms with Crippen molar-refractivity contribution >= 4 is 0 Å². The number of likely N-dealkylation sites (N-methyl/N-ethyl adjacent to an activating group) is 1. The molecule has 0 radical (unpaired) electrons. The van der Waals surface area contributed by atoms with Gasteiger partial charge in [-0.2, -0.15) is 0 Å². The first-order valence-electron chi connectivity index (χ1n) is 8.85. The van der Waals surface area contributed by atoms with Crippen molar-refractivity contribution in [2.45, 2.75) is 56.5 Å². The predicted molar refractivity (Wildman–Crippen MR) is 82.6 cm³/mol. The Morgan fingerprint density at radius 3 is 2.65 bits per heavy atom. The SMILES string of the molecule is CN(CC1CC2CCC1C2)C1(CN)CCN(C2CC2)C1. The van der Waals surface area contributed by atoms with Crippen LogP contribution in [0.2, 0.25) is 0 Å². The van der Waals surface area contributed by atoms with Crippen LogP contribution in [-0.2, 0) is 0 Å². The quantitative estimate of drug-likeness (QED) is 0.833. The van der Waals surface area contributed by atoms with Crippen LogP contribution in [0.3, 0.4) is 0 Å². The van der Waals surface area contributed by atoms with Crippen LogP contribution in [0.25, 0.3) is 0 Å². The van der Waals surface area contributed by atoms with E-state index in [9.17, 15) is 0 Å². The summed E-state index contributed by atoms with van der Waals surface area (Å²) in [5, 5.41) is 0. The lowest BCUT2D eigenvalue weighted by Gasteiger charge is -2.40. The molecule has 4 atom stereocenters. The van der Waals surface area contributed by atoms with Gasteiger partial charge in [-0.1, -0.05) is 6.42 Å². The summed E-state index contributed by atoms with van der Waals surface area (Å²) in [5.41, 5.74) is 6.52. The first kappa shape index (κ1) is 13.5. The third-order valence-corrected chi connectivity index (χ3v) is 7.01. The molecule has 3 nitrogen and oxygen atoms in total. The normalized spacial score (nSPS) is 44.9. The Labute approximate surface area is 123 Å². The van der Waals surface area contributed by atoms with E-state index < -0.39 is 0 Å². The predicted octanol–water partition coefficient (Wildman–Crippen LogP) is 1.92. The molecule has 114 valence electrons. The van der Waals surface area contributed by atoms with E-state index in [1.165, 1.54) is 64.6 Å². The number of nitrogens with two attached hydrogens (primary N) is 1. The van der Waals surface area contributed by atoms with Gasteiger partial charge in [-0.15, -0.1) is 0 Å². The third kappa shape index (κ3) is 2.22. The summed E-state index contributed by atoms with van der Waals surface area (Å²) in [6.45, 7) is 4.65. The molecule has 0 aromatic rings. The van der Waals surface area contributed by atoms with Crippen LogP contribution in [0.5, 0.6) is 0 Å². The number of hydrogen-bond donors (Lipinski definition) is 1. The number of nitrogens with zero attached hydrogens (tertiary/aromatic N) is 2. The highest BCUT2D eigenvalue weighted by atomic mass is 15.3. The highest BCUT2D eigenvalue weighted by Crippen LogP contribution is 2.49. The van der Waals surface area contributed by atoms with Gasteiger partial charge in [0.15, 0.2) is 0 Å². The summed E-state index contributed by atoms with van der Waals surface area (Å²) >= 11 is 0. The van der Waals surface area contributed by atoms with Gasteiger partial charge in [0.2, 0.25) is 0 Å². The van der Waals surface area contributed by atoms with Gasteiger partial charge >= 0.3 is 0 Å². The van der Waals surface area contributed by atoms with Crippen LogP contribution in [-0.4, -0.2) is 54.6 Å². The molecular weight excluding hydrogens is 246 g/mol. The Kier molecular flexibility index (Phi) is 3.36. The molecule has 20 heavy (non-hydrogen) atoms. The van der Waals surface area contributed by atoms with E-state index in [1.54, 1.807) is 0 Å². The highest BCUT2D eigenvalue weighted by Gasteiger charge is 2.47. The smallest absolute Gasteiger partial charge is 0.0467 e. The van der Waals surface area contributed by atoms with Gasteiger partial charge in [0.1, 0.15) is 0 Å². The van der Waals surface area contributed by atoms with E-state index in [-0.39, 0.29) is 5.54 Å². The van der Waals surface area contributed by atoms with Crippen molar-refractivity contribution in [2.24, 2.45) is 23.5 Å². The van der Waals surface area contributed by atoms with Crippen molar-refractivity contribution in [3.8, 4) is 0 Å². The van der Waals surface area contributed by atoms with Gasteiger partial charge in [-0.25, -0.2) is 0 Å². The van der Waals surface area contributed by atoms with E-state index in [0.717, 1.165) is 30.3 Å². The minimum Gasteiger partial charge on any atom is -0.329 e. The monoisotopic (exact) mass is 277 g/mol. The summed E-state index contributed by atoms with van der Waals surface area (Å²) < 4.78 is 0. The average Bonchev–Trinajstić information content (AvgIpc) is 2.90. The fourth-order valence-corrected chi connectivity index (χ4v) is 5.42. The standard InChI is InChI=1S/C17H31N3/c1-19(10-15-9-13-2-3-14(15)8-13)17(11-18)6-7-20(12-17)16-4-5-16/h13-16H,2-12,18H2,1H3. The molecule has 2 bridgehead atoms. The Balaban J connectivity index is 1.39. The van der Waals surface area contributed by atoms with Gasteiger partial charge in [0.05, 0.1) is 0 Å². The molecule has 3 heteroatoms. The minimum atomic E-state index is 0.282. The van der Waals surface area contributed by atoms with E-state index in [1.807, 2.05) is 0 Å². The zero-order valence-corrected chi connectivity index (χ0v) is 13.1. The molecule has 4 rings (SSSR count). The maximum Gasteiger partial charge on any atom is 0.0467 e. The molecule has 1 saturated heterocycles. The van der Waals surface area contributed by atoms with Gasteiger partial charge in [-0.05, 0) is 63.3 Å². The first-order chi connectivity index (χ1) is 9.70. The number of likely N-dealkylation sites (tertiary alicyclic amines) is 1. The number of fused-ring (bicyclic) bond motifs is 2. The van der Waals surface area contributed by atoms with Crippen LogP contribution < -0.4 is 5.73 Å². The average molecular weight is 277 g/mol. The van der Waals surface area contributed by atoms with Gasteiger partial charge in [-0.3, -0.25) is 9.80 Å². The lowest BCUT2D eigenvalue weighted by Crippen LogP contribution is -2.55. The lowest BCUT2D eigenvalue weighted by atomic mass is 9.86. The summed E-state index contributed by atoms with van der Waals surface area (Å²) in [5.74, 6) is 3.08. The van der Waals surface area contributed by atoms with E-state index in [0.29, 0.717) is 0 Å². The summed E-state index contributed by atoms with van der Waals surface area (Å²) in [6.07, 6.45) is 10.2. The Morgan fingerprint density at radius 2 is 2.05 bits per heavy atom. The van der Waals surface area contributed by atoms with E-state index >= 15 is 0 Å². The van der Waals surface area contributed by atoms with Crippen LogP contribution in [0.4, 0.5) is 0 Å². The topological polar surface area (TPSA) is 32.5 Å². The van der Waals surface area contributed by atoms with Crippen LogP contribution in [0, 0.1) is 17.8 Å². The van der Waals surface area contributed by atoms with E-state index in [2.05, 4.69) is 16.8 Å². The molecule has 3 aliphatic carbocycles. The third-order valence-electron chi connectivity index (χ3n) is 7.01. The van der Waals surface area contributed by atoms with Crippen LogP contribution in [0.15, 0.2) is 0 Å². The minimum absolute atomic E-state index is 0.282. The molecule has 1 heterocycles. The largest absolute Gasteiger partial charge is 0.329 e. The second-order valence-electron chi connectivity index (χ2n) is 8.20. The lowest BCUT2D eigenvalue weighted by molar-refractivity contribution is 0.0941. The summed E-state index contributed by atoms with van der Waals surface area (Å²) in [7, 11) is 2.36. The Hall–Kier alpha value is -0.120. The molecule has 0 aromatic heterocycles. The van der Waals surface area contributed by atoms with E-state index in [4.69, 9.17) is 5.73 Å². The summed E-state index contributed by atoms with van der Waals surface area (Å²) in [4.78, 5) is 5.38. The molecular formula is C17H31N3. The second-order valence-corrected chi connectivity index (χ2v) is 8.20. The second kappa shape index (κ2) is 4.96. The molecule has 0 spiro atoms. The van der Waals surface area contributed by atoms with Crippen molar-refractivity contribution < 1.29 is 0 Å². The van der Waals surface area contributed by atoms with Crippen molar-refractivity contribution in [1.29, 1.82) is 0 Å². The van der Waals surface area contributed by atoms with Crippen molar-refractivity contribution in [2.75, 3.05) is 33.2 Å². The fourth-order valence-electron chi connectivity index (χ4n) is 5.42. The van der Waals surface area contributed by atoms with Gasteiger partial charge < -0.3 is 5.73 Å². The number of rotatable bonds is 5. The van der Waals surface area contributed by atoms with Crippen LogP contribution >= 0.6 is 0 Å². The molecule has 1 aliphatic heterocycles. The maximum atomic E-state index is 6.23. The maximum absolute atomic E-state index is 6.23. The first-order valence-corrected chi connectivity index (χ1v) is 8.85. The van der Waals surface area contributed by atoms with Crippen molar-refractivity contribution in [1.82, 2.24) is 9.80 Å². The summed E-state index contributed by atoms with van der Waals surface area (Å²) in [6, 6.07) is 0.902. The van der Waals surface area contributed by atoms with Gasteiger partial charge in [0.25, 0.3) is 0 Å². The number of hydrogen-bond acceptors (Lipinski definition) is 3. The van der Waals surface area contributed by atoms with Crippen molar-refractivity contribution in [3.63, 3.8) is 0 Å². The molecule has 0 amide bonds. The molecule has 3 saturated carbocycles. The molecule has 0 aromatic carbocycles. The Morgan fingerprint density at radius 1 is 1.20 bits per heavy atom. The van der Waals surface area contributed by atoms with Crippen molar-refractivity contribution in [3.05, 3.63) is 0 Å². The zero-order chi connectivity index (χ0) is 13.7. The zero-order valence-electron chi connectivity index (χ0n) is 13.1. The fraction of sp³-hybridized carbons (Fsp3) is 1.00. The molecule has 4 fully saturated rings.